The Morgan fingerprint density at radius 3 is 2.77 bits per heavy atom. The molecule has 0 saturated heterocycles. The molecule has 22 heavy (non-hydrogen) atoms. The fourth-order valence-corrected chi connectivity index (χ4v) is 1.79. The number of ether oxygens (including phenoxy) is 1. The average Bonchev–Trinajstić information content (AvgIpc) is 2.95. The van der Waals surface area contributed by atoms with E-state index in [4.69, 9.17) is 15.3 Å². The zero-order valence-corrected chi connectivity index (χ0v) is 12.2. The molecule has 1 heterocycles. The molecular weight excluding hydrogens is 278 g/mol. The van der Waals surface area contributed by atoms with Gasteiger partial charge in [-0.1, -0.05) is 12.1 Å². The van der Waals surface area contributed by atoms with E-state index in [0.29, 0.717) is 24.6 Å². The number of hydrogen-bond donors (Lipinski definition) is 1. The SMILES string of the molecule is Cc1ccn(CCOc2ccccc2NC=C(C#N)C#N)n1. The van der Waals surface area contributed by atoms with E-state index in [0.717, 1.165) is 5.69 Å². The fraction of sp³-hybridized carbons (Fsp3) is 0.188. The van der Waals surface area contributed by atoms with Crippen LogP contribution in [0.3, 0.4) is 0 Å². The molecule has 0 radical (unpaired) electrons. The first-order valence-electron chi connectivity index (χ1n) is 6.71. The van der Waals surface area contributed by atoms with Crippen LogP contribution in [-0.2, 0) is 6.54 Å². The van der Waals surface area contributed by atoms with Gasteiger partial charge in [-0.25, -0.2) is 0 Å². The summed E-state index contributed by atoms with van der Waals surface area (Å²) in [4.78, 5) is 0. The van der Waals surface area contributed by atoms with Crippen LogP contribution >= 0.6 is 0 Å². The number of aromatic nitrogens is 2. The topological polar surface area (TPSA) is 86.7 Å². The van der Waals surface area contributed by atoms with Gasteiger partial charge in [0.05, 0.1) is 17.9 Å². The lowest BCUT2D eigenvalue weighted by Gasteiger charge is -2.11. The molecule has 1 aromatic heterocycles. The summed E-state index contributed by atoms with van der Waals surface area (Å²) in [6.45, 7) is 3.04. The van der Waals surface area contributed by atoms with Crippen molar-refractivity contribution < 1.29 is 4.74 Å². The zero-order chi connectivity index (χ0) is 15.8. The van der Waals surface area contributed by atoms with Crippen molar-refractivity contribution in [1.82, 2.24) is 9.78 Å². The van der Waals surface area contributed by atoms with Gasteiger partial charge < -0.3 is 10.1 Å². The van der Waals surface area contributed by atoms with Gasteiger partial charge in [-0.05, 0) is 25.1 Å². The number of allylic oxidation sites excluding steroid dienone is 1. The number of nitrogens with zero attached hydrogens (tertiary/aromatic N) is 4. The van der Waals surface area contributed by atoms with Crippen molar-refractivity contribution in [3.8, 4) is 17.9 Å². The Balaban J connectivity index is 1.98. The van der Waals surface area contributed by atoms with Crippen molar-refractivity contribution in [2.75, 3.05) is 11.9 Å². The van der Waals surface area contributed by atoms with E-state index in [-0.39, 0.29) is 5.57 Å². The van der Waals surface area contributed by atoms with Crippen LogP contribution in [0.2, 0.25) is 0 Å². The van der Waals surface area contributed by atoms with Crippen molar-refractivity contribution in [2.24, 2.45) is 0 Å². The number of nitriles is 2. The van der Waals surface area contributed by atoms with E-state index < -0.39 is 0 Å². The van der Waals surface area contributed by atoms with E-state index >= 15 is 0 Å². The van der Waals surface area contributed by atoms with Gasteiger partial charge in [0, 0.05) is 12.4 Å². The van der Waals surface area contributed by atoms with Gasteiger partial charge >= 0.3 is 0 Å². The van der Waals surface area contributed by atoms with Gasteiger partial charge in [-0.2, -0.15) is 15.6 Å². The molecule has 110 valence electrons. The third-order valence-electron chi connectivity index (χ3n) is 2.85. The third-order valence-corrected chi connectivity index (χ3v) is 2.85. The Morgan fingerprint density at radius 1 is 1.32 bits per heavy atom. The Labute approximate surface area is 128 Å². The Morgan fingerprint density at radius 2 is 2.09 bits per heavy atom. The number of anilines is 1. The standard InChI is InChI=1S/C16H15N5O/c1-13-6-7-21(20-13)8-9-22-16-5-3-2-4-15(16)19-12-14(10-17)11-18/h2-7,12,19H,8-9H2,1H3. The minimum Gasteiger partial charge on any atom is -0.489 e. The molecule has 6 nitrogen and oxygen atoms in total. The van der Waals surface area contributed by atoms with Crippen LogP contribution in [0, 0.1) is 29.6 Å². The summed E-state index contributed by atoms with van der Waals surface area (Å²) in [7, 11) is 0. The van der Waals surface area contributed by atoms with Crippen molar-refractivity contribution >= 4 is 5.69 Å². The summed E-state index contributed by atoms with van der Waals surface area (Å²) < 4.78 is 7.55. The largest absolute Gasteiger partial charge is 0.489 e. The van der Waals surface area contributed by atoms with Crippen LogP contribution in [0.5, 0.6) is 5.75 Å². The molecule has 0 atom stereocenters. The Kier molecular flexibility index (Phi) is 5.17. The quantitative estimate of drug-likeness (QED) is 0.827. The number of para-hydroxylation sites is 2. The molecule has 0 aliphatic rings. The van der Waals surface area contributed by atoms with Crippen molar-refractivity contribution in [3.63, 3.8) is 0 Å². The second-order valence-corrected chi connectivity index (χ2v) is 4.49. The van der Waals surface area contributed by atoms with E-state index in [1.165, 1.54) is 6.20 Å². The number of nitrogens with one attached hydrogen (secondary N) is 1. The van der Waals surface area contributed by atoms with Crippen LogP contribution < -0.4 is 10.1 Å². The molecule has 2 rings (SSSR count). The predicted octanol–water partition coefficient (Wildman–Crippen LogP) is 2.61. The lowest BCUT2D eigenvalue weighted by Crippen LogP contribution is -2.09. The second kappa shape index (κ2) is 7.51. The van der Waals surface area contributed by atoms with Gasteiger partial charge in [0.25, 0.3) is 0 Å². The van der Waals surface area contributed by atoms with E-state index in [1.807, 2.05) is 48.1 Å². The summed E-state index contributed by atoms with van der Waals surface area (Å²) in [5.74, 6) is 0.651. The molecule has 1 N–H and O–H groups in total. The summed E-state index contributed by atoms with van der Waals surface area (Å²) in [5, 5.41) is 24.6. The number of benzene rings is 1. The smallest absolute Gasteiger partial charge is 0.145 e. The minimum atomic E-state index is 0.00168. The van der Waals surface area contributed by atoms with Crippen LogP contribution in [0.4, 0.5) is 5.69 Å². The monoisotopic (exact) mass is 293 g/mol. The summed E-state index contributed by atoms with van der Waals surface area (Å²) in [6.07, 6.45) is 3.26. The minimum absolute atomic E-state index is 0.00168. The Hall–Kier alpha value is -3.25. The normalized spacial score (nSPS) is 9.41. The highest BCUT2D eigenvalue weighted by Gasteiger charge is 2.02. The highest BCUT2D eigenvalue weighted by molar-refractivity contribution is 5.59. The van der Waals surface area contributed by atoms with Gasteiger partial charge in [-0.3, -0.25) is 4.68 Å². The summed E-state index contributed by atoms with van der Waals surface area (Å²) in [5.41, 5.74) is 1.66. The highest BCUT2D eigenvalue weighted by atomic mass is 16.5. The van der Waals surface area contributed by atoms with Gasteiger partial charge in [0.15, 0.2) is 0 Å². The fourth-order valence-electron chi connectivity index (χ4n) is 1.79. The number of hydrogen-bond acceptors (Lipinski definition) is 5. The molecule has 0 aliphatic carbocycles. The summed E-state index contributed by atoms with van der Waals surface area (Å²) in [6, 6.07) is 12.9. The average molecular weight is 293 g/mol. The van der Waals surface area contributed by atoms with Gasteiger partial charge in [0.1, 0.15) is 30.1 Å². The highest BCUT2D eigenvalue weighted by Crippen LogP contribution is 2.23. The zero-order valence-electron chi connectivity index (χ0n) is 12.2. The molecule has 6 heteroatoms. The van der Waals surface area contributed by atoms with Crippen LogP contribution in [0.1, 0.15) is 5.69 Å². The molecule has 0 bridgehead atoms. The molecule has 0 spiro atoms. The molecular formula is C16H15N5O. The number of rotatable bonds is 6. The number of aryl methyl sites for hydroxylation is 1. The maximum atomic E-state index is 8.72. The first kappa shape index (κ1) is 15.1. The maximum Gasteiger partial charge on any atom is 0.145 e. The predicted molar refractivity (Wildman–Crippen MR) is 81.8 cm³/mol. The van der Waals surface area contributed by atoms with Crippen molar-refractivity contribution in [3.05, 3.63) is 54.0 Å². The maximum absolute atomic E-state index is 8.72. The molecule has 1 aromatic carbocycles. The second-order valence-electron chi connectivity index (χ2n) is 4.49. The summed E-state index contributed by atoms with van der Waals surface area (Å²) >= 11 is 0. The molecule has 0 amide bonds. The lowest BCUT2D eigenvalue weighted by molar-refractivity contribution is 0.292. The third kappa shape index (κ3) is 4.12. The van der Waals surface area contributed by atoms with E-state index in [9.17, 15) is 0 Å². The molecule has 0 fully saturated rings. The van der Waals surface area contributed by atoms with E-state index in [1.54, 1.807) is 12.1 Å². The van der Waals surface area contributed by atoms with Crippen LogP contribution in [0.25, 0.3) is 0 Å². The first-order valence-corrected chi connectivity index (χ1v) is 6.71. The van der Waals surface area contributed by atoms with Gasteiger partial charge in [0.2, 0.25) is 0 Å². The van der Waals surface area contributed by atoms with Crippen molar-refractivity contribution in [1.29, 1.82) is 10.5 Å². The lowest BCUT2D eigenvalue weighted by atomic mass is 10.3. The molecule has 0 unspecified atom stereocenters. The van der Waals surface area contributed by atoms with Crippen LogP contribution in [0.15, 0.2) is 48.3 Å². The van der Waals surface area contributed by atoms with Crippen LogP contribution in [-0.4, -0.2) is 16.4 Å². The van der Waals surface area contributed by atoms with Gasteiger partial charge in [-0.15, -0.1) is 0 Å². The molecule has 2 aromatic rings. The van der Waals surface area contributed by atoms with Crippen molar-refractivity contribution in [2.45, 2.75) is 13.5 Å². The Bertz CT molecular complexity index is 732. The van der Waals surface area contributed by atoms with E-state index in [2.05, 4.69) is 10.4 Å². The molecule has 0 aliphatic heterocycles. The first-order chi connectivity index (χ1) is 10.7. The molecule has 0 saturated carbocycles.